The Morgan fingerprint density at radius 1 is 1.00 bits per heavy atom. The fraction of sp³-hybridized carbons (Fsp3) is 0.667. The first kappa shape index (κ1) is 17.8. The molecule has 0 atom stereocenters. The third kappa shape index (κ3) is 10.8. The zero-order valence-corrected chi connectivity index (χ0v) is 7.70. The molecule has 0 amide bonds. The van der Waals surface area contributed by atoms with Gasteiger partial charge in [-0.15, -0.1) is 0 Å². The van der Waals surface area contributed by atoms with E-state index in [2.05, 4.69) is 21.2 Å². The maximum absolute atomic E-state index is 10.4. The van der Waals surface area contributed by atoms with Gasteiger partial charge in [0, 0.05) is 0 Å². The summed E-state index contributed by atoms with van der Waals surface area (Å²) in [6.45, 7) is 3.63. The molecule has 80 valence electrons. The van der Waals surface area contributed by atoms with Crippen LogP contribution >= 0.6 is 0 Å². The van der Waals surface area contributed by atoms with Gasteiger partial charge in [0.25, 0.3) is 0 Å². The quantitative estimate of drug-likeness (QED) is 0.229. The second-order valence-corrected chi connectivity index (χ2v) is 1.44. The minimum absolute atomic E-state index is 0. The summed E-state index contributed by atoms with van der Waals surface area (Å²) in [6, 6.07) is 0. The van der Waals surface area contributed by atoms with Crippen LogP contribution in [0, 0.1) is 0 Å². The van der Waals surface area contributed by atoms with Gasteiger partial charge in [0.1, 0.15) is 0 Å². The fourth-order valence-corrected chi connectivity index (χ4v) is 0.380. The number of esters is 2. The van der Waals surface area contributed by atoms with Crippen LogP contribution in [0.2, 0.25) is 0 Å². The van der Waals surface area contributed by atoms with Gasteiger partial charge < -0.3 is 14.9 Å². The van der Waals surface area contributed by atoms with Crippen LogP contribution in [-0.2, 0) is 19.1 Å². The number of hydrazine groups is 1. The molecule has 0 aromatic rings. The summed E-state index contributed by atoms with van der Waals surface area (Å²) in [7, 11) is 0. The Balaban J connectivity index is -0.000000309. The van der Waals surface area contributed by atoms with Crippen LogP contribution in [-0.4, -0.2) is 30.6 Å². The highest BCUT2D eigenvalue weighted by molar-refractivity contribution is 6.29. The lowest BCUT2D eigenvalue weighted by Crippen LogP contribution is -2.19. The molecule has 0 spiro atoms. The van der Waals surface area contributed by atoms with Crippen LogP contribution in [0.5, 0.6) is 0 Å². The van der Waals surface area contributed by atoms with Gasteiger partial charge in [0.15, 0.2) is 0 Å². The molecule has 0 aliphatic heterocycles. The minimum atomic E-state index is -0.927. The van der Waals surface area contributed by atoms with Crippen LogP contribution in [0.25, 0.3) is 0 Å². The number of hydrogen-bond acceptors (Lipinski definition) is 6. The van der Waals surface area contributed by atoms with E-state index in [4.69, 9.17) is 0 Å². The summed E-state index contributed by atoms with van der Waals surface area (Å²) >= 11 is 0. The van der Waals surface area contributed by atoms with Crippen LogP contribution in [0.15, 0.2) is 0 Å². The summed E-state index contributed by atoms with van der Waals surface area (Å²) in [5.74, 6) is 6.15. The van der Waals surface area contributed by atoms with E-state index >= 15 is 0 Å². The van der Waals surface area contributed by atoms with E-state index in [9.17, 15) is 9.59 Å². The number of nitrogens with two attached hydrogens (primary N) is 2. The van der Waals surface area contributed by atoms with Crippen LogP contribution in [0.1, 0.15) is 13.8 Å². The molecule has 0 aliphatic carbocycles. The fourth-order valence-electron chi connectivity index (χ4n) is 0.380. The van der Waals surface area contributed by atoms with Gasteiger partial charge in [0.05, 0.1) is 13.2 Å². The van der Waals surface area contributed by atoms with Gasteiger partial charge in [-0.25, -0.2) is 9.59 Å². The van der Waals surface area contributed by atoms with Gasteiger partial charge in [-0.3, -0.25) is 11.7 Å². The number of rotatable bonds is 2. The van der Waals surface area contributed by atoms with E-state index in [-0.39, 0.29) is 18.7 Å². The first-order valence-electron chi connectivity index (χ1n) is 3.39. The Morgan fingerprint density at radius 3 is 1.38 bits per heavy atom. The highest BCUT2D eigenvalue weighted by Gasteiger charge is 2.14. The Labute approximate surface area is 76.3 Å². The van der Waals surface area contributed by atoms with Crippen molar-refractivity contribution in [3.63, 3.8) is 0 Å². The highest BCUT2D eigenvalue weighted by Crippen LogP contribution is 1.82. The zero-order chi connectivity index (χ0) is 9.98. The molecule has 0 bridgehead atoms. The average Bonchev–Trinajstić information content (AvgIpc) is 2.09. The Bertz CT molecular complexity index is 123. The van der Waals surface area contributed by atoms with E-state index in [0.29, 0.717) is 0 Å². The van der Waals surface area contributed by atoms with Gasteiger partial charge in [-0.05, 0) is 13.8 Å². The molecule has 0 radical (unpaired) electrons. The maximum atomic E-state index is 10.4. The predicted octanol–water partition coefficient (Wildman–Crippen LogP) is -1.89. The molecule has 0 aromatic carbocycles. The topological polar surface area (TPSA) is 136 Å². The summed E-state index contributed by atoms with van der Waals surface area (Å²) in [4.78, 5) is 20.9. The van der Waals surface area contributed by atoms with Crippen molar-refractivity contribution < 1.29 is 24.5 Å². The highest BCUT2D eigenvalue weighted by atomic mass is 16.6. The van der Waals surface area contributed by atoms with E-state index in [1.54, 1.807) is 13.8 Å². The Hall–Kier alpha value is -1.18. The van der Waals surface area contributed by atoms with E-state index in [1.807, 2.05) is 0 Å². The van der Waals surface area contributed by atoms with Gasteiger partial charge in [-0.1, -0.05) is 0 Å². The average molecular weight is 196 g/mol. The molecular weight excluding hydrogens is 180 g/mol. The van der Waals surface area contributed by atoms with Crippen molar-refractivity contribution in [1.82, 2.24) is 0 Å². The lowest BCUT2D eigenvalue weighted by Gasteiger charge is -1.99. The molecule has 0 fully saturated rings. The third-order valence-electron chi connectivity index (χ3n) is 0.718. The molecule has 0 heterocycles. The van der Waals surface area contributed by atoms with Crippen molar-refractivity contribution in [2.75, 3.05) is 13.2 Å². The molecular formula is C6H16N2O5. The number of ether oxygens (including phenoxy) is 2. The van der Waals surface area contributed by atoms with Crippen molar-refractivity contribution in [2.45, 2.75) is 13.8 Å². The second-order valence-electron chi connectivity index (χ2n) is 1.44. The molecule has 0 saturated heterocycles. The van der Waals surface area contributed by atoms with Gasteiger partial charge in [0.2, 0.25) is 0 Å². The molecule has 0 rings (SSSR count). The lowest BCUT2D eigenvalue weighted by atomic mass is 10.7. The summed E-state index contributed by atoms with van der Waals surface area (Å²) in [5.41, 5.74) is 0. The van der Waals surface area contributed by atoms with E-state index in [1.165, 1.54) is 0 Å². The molecule has 0 unspecified atom stereocenters. The molecule has 0 saturated carbocycles. The molecule has 0 aliphatic rings. The van der Waals surface area contributed by atoms with Crippen molar-refractivity contribution in [3.8, 4) is 0 Å². The van der Waals surface area contributed by atoms with E-state index in [0.717, 1.165) is 0 Å². The van der Waals surface area contributed by atoms with Crippen molar-refractivity contribution in [1.29, 1.82) is 0 Å². The Morgan fingerprint density at radius 2 is 1.23 bits per heavy atom. The zero-order valence-electron chi connectivity index (χ0n) is 7.70. The van der Waals surface area contributed by atoms with Crippen LogP contribution in [0.3, 0.4) is 0 Å². The molecule has 13 heavy (non-hydrogen) atoms. The third-order valence-corrected chi connectivity index (χ3v) is 0.718. The first-order valence-corrected chi connectivity index (χ1v) is 3.39. The van der Waals surface area contributed by atoms with Crippen LogP contribution < -0.4 is 11.7 Å². The smallest absolute Gasteiger partial charge is 0.417 e. The van der Waals surface area contributed by atoms with Gasteiger partial charge >= 0.3 is 11.9 Å². The van der Waals surface area contributed by atoms with Gasteiger partial charge in [-0.2, -0.15) is 0 Å². The number of carbonyl (C=O) groups is 2. The summed E-state index contributed by atoms with van der Waals surface area (Å²) in [6.07, 6.45) is 0. The first-order chi connectivity index (χ1) is 5.72. The Kier molecular flexibility index (Phi) is 18.4. The van der Waals surface area contributed by atoms with Crippen molar-refractivity contribution >= 4 is 11.9 Å². The predicted molar refractivity (Wildman–Crippen MR) is 45.3 cm³/mol. The van der Waals surface area contributed by atoms with Crippen molar-refractivity contribution in [3.05, 3.63) is 0 Å². The molecule has 6 N–H and O–H groups in total. The summed E-state index contributed by atoms with van der Waals surface area (Å²) < 4.78 is 8.69. The molecule has 7 nitrogen and oxygen atoms in total. The standard InChI is InChI=1S/C6H10O4.H4N2.H2O/c1-3-9-5(7)6(8)10-4-2;1-2;/h3-4H2,1-2H3;1-2H2;1H2. The molecule has 7 heteroatoms. The SMILES string of the molecule is CCOC(=O)C(=O)OCC.NN.O. The van der Waals surface area contributed by atoms with Crippen molar-refractivity contribution in [2.24, 2.45) is 11.7 Å². The normalized spacial score (nSPS) is 7.08. The lowest BCUT2D eigenvalue weighted by molar-refractivity contribution is -0.167. The molecule has 0 aromatic heterocycles. The number of carbonyl (C=O) groups excluding carboxylic acids is 2. The second kappa shape index (κ2) is 13.4. The van der Waals surface area contributed by atoms with E-state index < -0.39 is 11.9 Å². The minimum Gasteiger partial charge on any atom is -0.458 e. The summed E-state index contributed by atoms with van der Waals surface area (Å²) in [5, 5.41) is 0. The van der Waals surface area contributed by atoms with Crippen LogP contribution in [0.4, 0.5) is 0 Å². The monoisotopic (exact) mass is 196 g/mol. The largest absolute Gasteiger partial charge is 0.458 e. The maximum Gasteiger partial charge on any atom is 0.417 e. The number of hydrogen-bond donors (Lipinski definition) is 2.